The maximum Gasteiger partial charge on any atom is 0.344 e. The van der Waals surface area contributed by atoms with E-state index < -0.39 is 28.6 Å². The lowest BCUT2D eigenvalue weighted by molar-refractivity contribution is -0.147. The summed E-state index contributed by atoms with van der Waals surface area (Å²) in [6.07, 6.45) is 3.25. The fourth-order valence-corrected chi connectivity index (χ4v) is 3.46. The summed E-state index contributed by atoms with van der Waals surface area (Å²) in [7, 11) is -4.27. The smallest absolute Gasteiger partial charge is 0.344 e. The van der Waals surface area contributed by atoms with Crippen LogP contribution in [0.2, 0.25) is 0 Å². The molecule has 180 valence electrons. The number of primary sulfonamides is 1. The highest BCUT2D eigenvalue weighted by molar-refractivity contribution is 7.89. The molecule has 0 spiro atoms. The minimum absolute atomic E-state index is 0.0321. The van der Waals surface area contributed by atoms with E-state index in [1.54, 1.807) is 30.3 Å². The first-order valence-electron chi connectivity index (χ1n) is 10.8. The van der Waals surface area contributed by atoms with Gasteiger partial charge in [0.2, 0.25) is 10.0 Å². The molecule has 0 aliphatic carbocycles. The van der Waals surface area contributed by atoms with Gasteiger partial charge in [-0.15, -0.1) is 0 Å². The molecule has 9 nitrogen and oxygen atoms in total. The molecule has 2 aromatic rings. The number of carbonyl (C=O) groups excluding carboxylic acids is 2. The molecule has 0 aliphatic rings. The number of hydrogen-bond donors (Lipinski definition) is 2. The number of unbranched alkanes of at least 4 members (excludes halogenated alkanes) is 2. The van der Waals surface area contributed by atoms with Crippen molar-refractivity contribution in [1.82, 2.24) is 0 Å². The third-order valence-corrected chi connectivity index (χ3v) is 5.40. The second-order valence-electron chi connectivity index (χ2n) is 7.24. The first-order chi connectivity index (χ1) is 15.8. The number of anilines is 1. The van der Waals surface area contributed by atoms with E-state index in [2.05, 4.69) is 5.32 Å². The number of para-hydroxylation sites is 1. The monoisotopic (exact) mass is 478 g/mol. The van der Waals surface area contributed by atoms with E-state index in [0.29, 0.717) is 18.7 Å². The van der Waals surface area contributed by atoms with Crippen LogP contribution in [0.15, 0.2) is 47.4 Å². The molecule has 10 heteroatoms. The Morgan fingerprint density at radius 1 is 1.00 bits per heavy atom. The first kappa shape index (κ1) is 26.1. The van der Waals surface area contributed by atoms with Crippen molar-refractivity contribution in [3.8, 4) is 11.5 Å². The molecule has 0 radical (unpaired) electrons. The molecule has 0 saturated carbocycles. The van der Waals surface area contributed by atoms with Gasteiger partial charge in [-0.05, 0) is 37.1 Å². The van der Waals surface area contributed by atoms with E-state index in [1.165, 1.54) is 6.07 Å². The number of benzene rings is 2. The molecule has 0 aromatic heterocycles. The molecule has 3 N–H and O–H groups in total. The highest BCUT2D eigenvalue weighted by Gasteiger charge is 2.24. The molecule has 0 fully saturated rings. The van der Waals surface area contributed by atoms with Crippen LogP contribution in [0.25, 0.3) is 0 Å². The van der Waals surface area contributed by atoms with Gasteiger partial charge in [0.15, 0.2) is 12.4 Å². The van der Waals surface area contributed by atoms with Gasteiger partial charge < -0.3 is 19.5 Å². The summed E-state index contributed by atoms with van der Waals surface area (Å²) in [6, 6.07) is 11.1. The molecule has 33 heavy (non-hydrogen) atoms. The molecule has 0 unspecified atom stereocenters. The summed E-state index contributed by atoms with van der Waals surface area (Å²) in [5.41, 5.74) is 0.163. The highest BCUT2D eigenvalue weighted by Crippen LogP contribution is 2.37. The van der Waals surface area contributed by atoms with Gasteiger partial charge in [0.05, 0.1) is 17.9 Å². The fourth-order valence-electron chi connectivity index (χ4n) is 2.75. The standard InChI is InChI=1S/C23H30N2O7S/c1-3-5-12-25-19-14-17(23(27)31-16-21(26)30-13-6-4-2)15-20(33(24,28)29)22(19)32-18-10-8-7-9-11-18/h7-11,14-15,25H,3-6,12-13,16H2,1-2H3,(H2,24,28,29). The van der Waals surface area contributed by atoms with E-state index in [-0.39, 0.29) is 28.5 Å². The van der Waals surface area contributed by atoms with Crippen molar-refractivity contribution in [3.05, 3.63) is 48.0 Å². The van der Waals surface area contributed by atoms with Gasteiger partial charge in [-0.25, -0.2) is 23.1 Å². The van der Waals surface area contributed by atoms with Crippen molar-refractivity contribution >= 4 is 27.6 Å². The van der Waals surface area contributed by atoms with Crippen LogP contribution in [-0.4, -0.2) is 40.1 Å². The van der Waals surface area contributed by atoms with Crippen LogP contribution < -0.4 is 15.2 Å². The number of ether oxygens (including phenoxy) is 3. The molecule has 2 rings (SSSR count). The molecular weight excluding hydrogens is 448 g/mol. The van der Waals surface area contributed by atoms with Crippen LogP contribution in [0.5, 0.6) is 11.5 Å². The third kappa shape index (κ3) is 8.39. The minimum Gasteiger partial charge on any atom is -0.463 e. The molecule has 0 heterocycles. The summed E-state index contributed by atoms with van der Waals surface area (Å²) in [4.78, 5) is 23.9. The van der Waals surface area contributed by atoms with Crippen LogP contribution in [0, 0.1) is 0 Å². The Morgan fingerprint density at radius 3 is 2.33 bits per heavy atom. The topological polar surface area (TPSA) is 134 Å². The Balaban J connectivity index is 2.36. The van der Waals surface area contributed by atoms with Crippen molar-refractivity contribution in [2.24, 2.45) is 5.14 Å². The van der Waals surface area contributed by atoms with Gasteiger partial charge in [-0.2, -0.15) is 0 Å². The second-order valence-corrected chi connectivity index (χ2v) is 8.77. The number of nitrogens with two attached hydrogens (primary N) is 1. The average molecular weight is 479 g/mol. The first-order valence-corrected chi connectivity index (χ1v) is 12.3. The number of esters is 2. The average Bonchev–Trinajstić information content (AvgIpc) is 2.78. The Kier molecular flexibility index (Phi) is 10.1. The molecular formula is C23H30N2O7S. The van der Waals surface area contributed by atoms with Gasteiger partial charge in [0, 0.05) is 6.54 Å². The fraction of sp³-hybridized carbons (Fsp3) is 0.391. The van der Waals surface area contributed by atoms with E-state index in [1.807, 2.05) is 13.8 Å². The lowest BCUT2D eigenvalue weighted by Crippen LogP contribution is -2.19. The zero-order valence-corrected chi connectivity index (χ0v) is 19.7. The van der Waals surface area contributed by atoms with Crippen molar-refractivity contribution < 1.29 is 32.2 Å². The van der Waals surface area contributed by atoms with E-state index in [0.717, 1.165) is 25.3 Å². The molecule has 0 atom stereocenters. The van der Waals surface area contributed by atoms with Gasteiger partial charge in [-0.3, -0.25) is 0 Å². The molecule has 0 saturated heterocycles. The van der Waals surface area contributed by atoms with Gasteiger partial charge in [0.25, 0.3) is 0 Å². The summed E-state index contributed by atoms with van der Waals surface area (Å²) < 4.78 is 40.5. The van der Waals surface area contributed by atoms with Crippen molar-refractivity contribution in [2.45, 2.75) is 44.4 Å². The third-order valence-electron chi connectivity index (χ3n) is 4.49. The van der Waals surface area contributed by atoms with Crippen LogP contribution in [0.1, 0.15) is 49.9 Å². The summed E-state index contributed by atoms with van der Waals surface area (Å²) >= 11 is 0. The molecule has 0 amide bonds. The van der Waals surface area contributed by atoms with E-state index in [9.17, 15) is 18.0 Å². The van der Waals surface area contributed by atoms with E-state index >= 15 is 0 Å². The normalized spacial score (nSPS) is 11.0. The Morgan fingerprint density at radius 2 is 1.70 bits per heavy atom. The minimum atomic E-state index is -4.27. The molecule has 0 bridgehead atoms. The quantitative estimate of drug-likeness (QED) is 0.328. The van der Waals surface area contributed by atoms with Gasteiger partial charge >= 0.3 is 11.9 Å². The summed E-state index contributed by atoms with van der Waals surface area (Å²) in [6.45, 7) is 4.11. The van der Waals surface area contributed by atoms with Crippen LogP contribution in [0.3, 0.4) is 0 Å². The summed E-state index contributed by atoms with van der Waals surface area (Å²) in [5.74, 6) is -1.22. The zero-order chi connectivity index (χ0) is 24.3. The van der Waals surface area contributed by atoms with Crippen molar-refractivity contribution in [2.75, 3.05) is 25.1 Å². The number of carbonyl (C=O) groups is 2. The highest BCUT2D eigenvalue weighted by atomic mass is 32.2. The van der Waals surface area contributed by atoms with Crippen LogP contribution in [0.4, 0.5) is 5.69 Å². The number of hydrogen-bond acceptors (Lipinski definition) is 8. The lowest BCUT2D eigenvalue weighted by atomic mass is 10.1. The maximum atomic E-state index is 12.6. The molecule has 0 aliphatic heterocycles. The number of nitrogens with one attached hydrogen (secondary N) is 1. The summed E-state index contributed by atoms with van der Waals surface area (Å²) in [5, 5.41) is 8.53. The van der Waals surface area contributed by atoms with Crippen LogP contribution >= 0.6 is 0 Å². The molecule has 2 aromatic carbocycles. The number of sulfonamides is 1. The second kappa shape index (κ2) is 12.8. The predicted octanol–water partition coefficient (Wildman–Crippen LogP) is 3.84. The predicted molar refractivity (Wildman–Crippen MR) is 124 cm³/mol. The van der Waals surface area contributed by atoms with Crippen molar-refractivity contribution in [1.29, 1.82) is 0 Å². The lowest BCUT2D eigenvalue weighted by Gasteiger charge is -2.17. The Hall–Kier alpha value is -3.11. The Bertz CT molecular complexity index is 1040. The maximum absolute atomic E-state index is 12.6. The SMILES string of the molecule is CCCCNc1cc(C(=O)OCC(=O)OCCCC)cc(S(N)(=O)=O)c1Oc1ccccc1. The van der Waals surface area contributed by atoms with E-state index in [4.69, 9.17) is 19.3 Å². The van der Waals surface area contributed by atoms with Crippen molar-refractivity contribution in [3.63, 3.8) is 0 Å². The Labute approximate surface area is 194 Å². The number of rotatable bonds is 13. The van der Waals surface area contributed by atoms with Gasteiger partial charge in [0.1, 0.15) is 10.6 Å². The largest absolute Gasteiger partial charge is 0.463 e. The zero-order valence-electron chi connectivity index (χ0n) is 18.8. The van der Waals surface area contributed by atoms with Gasteiger partial charge in [-0.1, -0.05) is 44.9 Å². The van der Waals surface area contributed by atoms with Crippen LogP contribution in [-0.2, 0) is 24.3 Å².